The molecule has 3 aliphatic carbocycles. The quantitative estimate of drug-likeness (QED) is 0.512. The predicted octanol–water partition coefficient (Wildman–Crippen LogP) is 1.74. The fraction of sp³-hybridized carbons (Fsp3) is 0.900. The third-order valence-electron chi connectivity index (χ3n) is 3.90. The molecule has 0 aromatic heterocycles. The van der Waals surface area contributed by atoms with Gasteiger partial charge in [0, 0.05) is 6.42 Å². The van der Waals surface area contributed by atoms with E-state index in [1.54, 1.807) is 0 Å². The van der Waals surface area contributed by atoms with Crippen molar-refractivity contribution in [1.29, 1.82) is 0 Å². The van der Waals surface area contributed by atoms with Crippen LogP contribution >= 0.6 is 0 Å². The Kier molecular flexibility index (Phi) is 1.29. The Bertz CT molecular complexity index is 206. The monoisotopic (exact) mass is 166 g/mol. The van der Waals surface area contributed by atoms with Gasteiger partial charge in [-0.1, -0.05) is 0 Å². The van der Waals surface area contributed by atoms with Gasteiger partial charge in [-0.25, -0.2) is 0 Å². The van der Waals surface area contributed by atoms with Crippen LogP contribution in [0.5, 0.6) is 0 Å². The minimum atomic E-state index is 0.0570. The summed E-state index contributed by atoms with van der Waals surface area (Å²) in [5.41, 5.74) is 0. The van der Waals surface area contributed by atoms with Crippen LogP contribution in [0.3, 0.4) is 0 Å². The van der Waals surface area contributed by atoms with Gasteiger partial charge in [-0.2, -0.15) is 0 Å². The first-order chi connectivity index (χ1) is 5.83. The van der Waals surface area contributed by atoms with Crippen molar-refractivity contribution in [3.63, 3.8) is 0 Å². The Hall–Kier alpha value is -0.530. The summed E-state index contributed by atoms with van der Waals surface area (Å²) >= 11 is 0. The Labute approximate surface area is 72.3 Å². The summed E-state index contributed by atoms with van der Waals surface area (Å²) in [7, 11) is 0. The number of carbonyl (C=O) groups excluding carboxylic acids is 1. The lowest BCUT2D eigenvalue weighted by Crippen LogP contribution is -2.48. The van der Waals surface area contributed by atoms with Gasteiger partial charge in [0.05, 0.1) is 0 Å². The zero-order valence-electron chi connectivity index (χ0n) is 7.16. The van der Waals surface area contributed by atoms with Gasteiger partial charge in [0.15, 0.2) is 0 Å². The molecule has 4 unspecified atom stereocenters. The highest BCUT2D eigenvalue weighted by Crippen LogP contribution is 2.49. The van der Waals surface area contributed by atoms with Crippen LogP contribution < -0.4 is 0 Å². The smallest absolute Gasteiger partial charge is 0.306 e. The van der Waals surface area contributed by atoms with Gasteiger partial charge in [0.2, 0.25) is 0 Å². The molecule has 0 aromatic rings. The van der Waals surface area contributed by atoms with Crippen molar-refractivity contribution in [3.8, 4) is 0 Å². The molecule has 4 atom stereocenters. The minimum absolute atomic E-state index is 0.0570. The summed E-state index contributed by atoms with van der Waals surface area (Å²) in [6.07, 6.45) is 6.17. The summed E-state index contributed by atoms with van der Waals surface area (Å²) in [4.78, 5) is 11.1. The molecule has 4 rings (SSSR count). The van der Waals surface area contributed by atoms with Crippen molar-refractivity contribution >= 4 is 5.97 Å². The van der Waals surface area contributed by atoms with Crippen molar-refractivity contribution in [1.82, 2.24) is 0 Å². The molecule has 4 fully saturated rings. The van der Waals surface area contributed by atoms with E-state index in [2.05, 4.69) is 0 Å². The van der Waals surface area contributed by atoms with Crippen molar-refractivity contribution in [2.24, 2.45) is 17.8 Å². The van der Waals surface area contributed by atoms with Gasteiger partial charge in [0.1, 0.15) is 6.10 Å². The van der Waals surface area contributed by atoms with Crippen LogP contribution in [-0.4, -0.2) is 12.1 Å². The highest BCUT2D eigenvalue weighted by atomic mass is 16.5. The fourth-order valence-corrected chi connectivity index (χ4v) is 3.39. The van der Waals surface area contributed by atoms with Gasteiger partial charge >= 0.3 is 5.97 Å². The molecule has 1 saturated heterocycles. The lowest BCUT2D eigenvalue weighted by atomic mass is 9.61. The number of rotatable bonds is 0. The fourth-order valence-electron chi connectivity index (χ4n) is 3.39. The van der Waals surface area contributed by atoms with Gasteiger partial charge in [-0.05, 0) is 43.4 Å². The lowest BCUT2D eigenvalue weighted by Gasteiger charge is -2.49. The maximum Gasteiger partial charge on any atom is 0.306 e. The summed E-state index contributed by atoms with van der Waals surface area (Å²) in [5.74, 6) is 2.34. The van der Waals surface area contributed by atoms with Crippen LogP contribution in [0.25, 0.3) is 0 Å². The second-order valence-electron chi connectivity index (χ2n) is 4.57. The normalized spacial score (nSPS) is 50.5. The van der Waals surface area contributed by atoms with Crippen LogP contribution in [0.15, 0.2) is 0 Å². The number of carbonyl (C=O) groups is 1. The highest BCUT2D eigenvalue weighted by molar-refractivity contribution is 5.71. The second-order valence-corrected chi connectivity index (χ2v) is 4.57. The van der Waals surface area contributed by atoms with E-state index in [1.165, 1.54) is 19.3 Å². The largest absolute Gasteiger partial charge is 0.462 e. The van der Waals surface area contributed by atoms with E-state index in [1.807, 2.05) is 0 Å². The van der Waals surface area contributed by atoms with E-state index in [9.17, 15) is 4.79 Å². The van der Waals surface area contributed by atoms with Crippen molar-refractivity contribution in [3.05, 3.63) is 0 Å². The Morgan fingerprint density at radius 3 is 2.92 bits per heavy atom. The molecular formula is C10H14O2. The first kappa shape index (κ1) is 6.93. The average Bonchev–Trinajstić information content (AvgIpc) is 2.03. The second kappa shape index (κ2) is 2.24. The van der Waals surface area contributed by atoms with E-state index in [4.69, 9.17) is 4.74 Å². The maximum atomic E-state index is 11.1. The zero-order valence-corrected chi connectivity index (χ0v) is 7.16. The maximum absolute atomic E-state index is 11.1. The SMILES string of the molecule is O=C1CC2CC3CCC2C(C3)O1. The molecule has 0 spiro atoms. The number of hydrogen-bond donors (Lipinski definition) is 0. The minimum Gasteiger partial charge on any atom is -0.462 e. The molecule has 0 amide bonds. The van der Waals surface area contributed by atoms with Crippen LogP contribution in [0.4, 0.5) is 0 Å². The lowest BCUT2D eigenvalue weighted by molar-refractivity contribution is -0.177. The molecule has 66 valence electrons. The van der Waals surface area contributed by atoms with E-state index < -0.39 is 0 Å². The molecular weight excluding hydrogens is 152 g/mol. The van der Waals surface area contributed by atoms with E-state index >= 15 is 0 Å². The molecule has 3 saturated carbocycles. The van der Waals surface area contributed by atoms with E-state index in [-0.39, 0.29) is 5.97 Å². The number of esters is 1. The molecule has 1 heterocycles. The van der Waals surface area contributed by atoms with Gasteiger partial charge in [0.25, 0.3) is 0 Å². The highest BCUT2D eigenvalue weighted by Gasteiger charge is 2.47. The van der Waals surface area contributed by atoms with Gasteiger partial charge in [-0.15, -0.1) is 0 Å². The molecule has 0 radical (unpaired) electrons. The Balaban J connectivity index is 1.89. The molecule has 4 bridgehead atoms. The molecule has 4 aliphatic rings. The number of ether oxygens (including phenoxy) is 1. The van der Waals surface area contributed by atoms with E-state index in [0.717, 1.165) is 18.3 Å². The molecule has 0 N–H and O–H groups in total. The Morgan fingerprint density at radius 1 is 1.25 bits per heavy atom. The zero-order chi connectivity index (χ0) is 8.13. The van der Waals surface area contributed by atoms with Crippen LogP contribution in [0, 0.1) is 17.8 Å². The molecule has 12 heavy (non-hydrogen) atoms. The van der Waals surface area contributed by atoms with Crippen molar-refractivity contribution < 1.29 is 9.53 Å². The molecule has 1 aliphatic heterocycles. The van der Waals surface area contributed by atoms with Crippen molar-refractivity contribution in [2.45, 2.75) is 38.2 Å². The molecule has 2 heteroatoms. The summed E-state index contributed by atoms with van der Waals surface area (Å²) in [5, 5.41) is 0. The third kappa shape index (κ3) is 0.838. The molecule has 0 aromatic carbocycles. The van der Waals surface area contributed by atoms with Gasteiger partial charge < -0.3 is 4.74 Å². The predicted molar refractivity (Wildman–Crippen MR) is 43.4 cm³/mol. The topological polar surface area (TPSA) is 26.3 Å². The number of hydrogen-bond acceptors (Lipinski definition) is 2. The van der Waals surface area contributed by atoms with E-state index in [0.29, 0.717) is 18.4 Å². The first-order valence-corrected chi connectivity index (χ1v) is 5.02. The van der Waals surface area contributed by atoms with Crippen LogP contribution in [0.1, 0.15) is 32.1 Å². The van der Waals surface area contributed by atoms with Crippen LogP contribution in [0.2, 0.25) is 0 Å². The average molecular weight is 166 g/mol. The van der Waals surface area contributed by atoms with Crippen LogP contribution in [-0.2, 0) is 9.53 Å². The summed E-state index contributed by atoms with van der Waals surface area (Å²) < 4.78 is 5.35. The van der Waals surface area contributed by atoms with Gasteiger partial charge in [-0.3, -0.25) is 4.79 Å². The number of fused-ring (bicyclic) bond motifs is 1. The third-order valence-corrected chi connectivity index (χ3v) is 3.90. The summed E-state index contributed by atoms with van der Waals surface area (Å²) in [6.45, 7) is 0. The first-order valence-electron chi connectivity index (χ1n) is 5.02. The summed E-state index contributed by atoms with van der Waals surface area (Å²) in [6, 6.07) is 0. The standard InChI is InChI=1S/C10H14O2/c11-10-5-7-3-6-1-2-8(7)9(4-6)12-10/h6-9H,1-5H2. The van der Waals surface area contributed by atoms with Crippen molar-refractivity contribution in [2.75, 3.05) is 0 Å². The Morgan fingerprint density at radius 2 is 2.17 bits per heavy atom. The molecule has 2 nitrogen and oxygen atoms in total.